The minimum Gasteiger partial charge on any atom is -0.490 e. The molecule has 0 radical (unpaired) electrons. The normalized spacial score (nSPS) is 22.9. The van der Waals surface area contributed by atoms with Crippen LogP contribution in [0.15, 0.2) is 18.2 Å². The van der Waals surface area contributed by atoms with E-state index in [1.807, 2.05) is 0 Å². The smallest absolute Gasteiger partial charge is 0.335 e. The van der Waals surface area contributed by atoms with Gasteiger partial charge in [-0.1, -0.05) is 6.92 Å². The number of carboxylic acids is 1. The molecule has 1 fully saturated rings. The first-order valence-corrected chi connectivity index (χ1v) is 5.23. The van der Waals surface area contributed by atoms with Crippen LogP contribution in [0.2, 0.25) is 0 Å². The van der Waals surface area contributed by atoms with Crippen molar-refractivity contribution < 1.29 is 19.0 Å². The topological polar surface area (TPSA) is 46.5 Å². The van der Waals surface area contributed by atoms with Crippen LogP contribution in [0, 0.1) is 17.7 Å². The summed E-state index contributed by atoms with van der Waals surface area (Å²) in [6.07, 6.45) is 1.12. The molecule has 86 valence electrons. The summed E-state index contributed by atoms with van der Waals surface area (Å²) in [5.74, 6) is -0.460. The van der Waals surface area contributed by atoms with Crippen molar-refractivity contribution in [2.24, 2.45) is 11.8 Å². The van der Waals surface area contributed by atoms with Gasteiger partial charge in [-0.2, -0.15) is 0 Å². The zero-order valence-electron chi connectivity index (χ0n) is 8.94. The Bertz CT molecular complexity index is 417. The van der Waals surface area contributed by atoms with E-state index in [0.29, 0.717) is 18.4 Å². The molecule has 1 saturated carbocycles. The van der Waals surface area contributed by atoms with Crippen LogP contribution in [0.25, 0.3) is 0 Å². The van der Waals surface area contributed by atoms with Crippen molar-refractivity contribution in [3.05, 3.63) is 29.6 Å². The highest BCUT2D eigenvalue weighted by Gasteiger charge is 2.33. The molecule has 1 N–H and O–H groups in total. The van der Waals surface area contributed by atoms with Crippen molar-refractivity contribution in [2.45, 2.75) is 13.3 Å². The van der Waals surface area contributed by atoms with E-state index in [4.69, 9.17) is 9.84 Å². The lowest BCUT2D eigenvalue weighted by Crippen LogP contribution is -2.03. The van der Waals surface area contributed by atoms with Gasteiger partial charge in [0.15, 0.2) is 11.6 Å². The summed E-state index contributed by atoms with van der Waals surface area (Å²) < 4.78 is 18.7. The Kier molecular flexibility index (Phi) is 2.81. The zero-order valence-corrected chi connectivity index (χ0v) is 8.94. The second-order valence-electron chi connectivity index (χ2n) is 4.23. The molecule has 2 atom stereocenters. The zero-order chi connectivity index (χ0) is 11.7. The minimum atomic E-state index is -1.14. The Hall–Kier alpha value is -1.58. The fourth-order valence-electron chi connectivity index (χ4n) is 1.58. The average Bonchev–Trinajstić information content (AvgIpc) is 2.92. The first-order chi connectivity index (χ1) is 7.58. The van der Waals surface area contributed by atoms with E-state index in [2.05, 4.69) is 6.92 Å². The van der Waals surface area contributed by atoms with Crippen molar-refractivity contribution >= 4 is 5.97 Å². The van der Waals surface area contributed by atoms with Gasteiger partial charge in [0.1, 0.15) is 0 Å². The SMILES string of the molecule is CC1CC1COc1ccc(C(=O)O)cc1F. The molecule has 0 saturated heterocycles. The van der Waals surface area contributed by atoms with Crippen LogP contribution in [0.3, 0.4) is 0 Å². The maximum atomic E-state index is 13.4. The lowest BCUT2D eigenvalue weighted by Gasteiger charge is -2.06. The lowest BCUT2D eigenvalue weighted by molar-refractivity contribution is 0.0696. The van der Waals surface area contributed by atoms with Crippen LogP contribution in [-0.4, -0.2) is 17.7 Å². The number of rotatable bonds is 4. The molecule has 3 nitrogen and oxygen atoms in total. The molecule has 0 aromatic heterocycles. The largest absolute Gasteiger partial charge is 0.490 e. The lowest BCUT2D eigenvalue weighted by atomic mass is 10.2. The molecule has 4 heteroatoms. The quantitative estimate of drug-likeness (QED) is 0.854. The Balaban J connectivity index is 2.01. The predicted octanol–water partition coefficient (Wildman–Crippen LogP) is 2.56. The number of halogens is 1. The van der Waals surface area contributed by atoms with Gasteiger partial charge in [-0.05, 0) is 36.5 Å². The molecule has 0 heterocycles. The third kappa shape index (κ3) is 2.32. The number of hydrogen-bond donors (Lipinski definition) is 1. The molecule has 0 bridgehead atoms. The Labute approximate surface area is 92.9 Å². The van der Waals surface area contributed by atoms with Gasteiger partial charge in [-0.15, -0.1) is 0 Å². The van der Waals surface area contributed by atoms with Gasteiger partial charge in [0.25, 0.3) is 0 Å². The van der Waals surface area contributed by atoms with Gasteiger partial charge in [0.2, 0.25) is 0 Å². The second-order valence-corrected chi connectivity index (χ2v) is 4.23. The number of aromatic carboxylic acids is 1. The van der Waals surface area contributed by atoms with Gasteiger partial charge < -0.3 is 9.84 Å². The molecule has 1 aliphatic rings. The molecule has 2 unspecified atom stereocenters. The summed E-state index contributed by atoms with van der Waals surface area (Å²) >= 11 is 0. The summed E-state index contributed by atoms with van der Waals surface area (Å²) in [4.78, 5) is 10.6. The van der Waals surface area contributed by atoms with Gasteiger partial charge in [0, 0.05) is 0 Å². The van der Waals surface area contributed by atoms with Crippen molar-refractivity contribution in [3.63, 3.8) is 0 Å². The van der Waals surface area contributed by atoms with E-state index in [1.54, 1.807) is 0 Å². The number of carboxylic acid groups (broad SMARTS) is 1. The van der Waals surface area contributed by atoms with Crippen molar-refractivity contribution in [1.82, 2.24) is 0 Å². The number of benzene rings is 1. The standard InChI is InChI=1S/C12H13FO3/c1-7-4-9(7)6-16-11-3-2-8(12(14)15)5-10(11)13/h2-3,5,7,9H,4,6H2,1H3,(H,14,15). The Morgan fingerprint density at radius 2 is 2.31 bits per heavy atom. The van der Waals surface area contributed by atoms with E-state index in [1.165, 1.54) is 12.1 Å². The fraction of sp³-hybridized carbons (Fsp3) is 0.417. The first kappa shape index (κ1) is 10.9. The molecular weight excluding hydrogens is 211 g/mol. The second kappa shape index (κ2) is 4.12. The number of carbonyl (C=O) groups is 1. The maximum absolute atomic E-state index is 13.4. The van der Waals surface area contributed by atoms with E-state index >= 15 is 0 Å². The Morgan fingerprint density at radius 1 is 1.62 bits per heavy atom. The fourth-order valence-corrected chi connectivity index (χ4v) is 1.58. The van der Waals surface area contributed by atoms with Gasteiger partial charge in [0.05, 0.1) is 12.2 Å². The molecule has 0 spiro atoms. The van der Waals surface area contributed by atoms with E-state index in [9.17, 15) is 9.18 Å². The molecule has 1 aromatic carbocycles. The van der Waals surface area contributed by atoms with Crippen LogP contribution in [0.4, 0.5) is 4.39 Å². The molecular formula is C12H13FO3. The van der Waals surface area contributed by atoms with Gasteiger partial charge in [-0.25, -0.2) is 9.18 Å². The molecule has 1 aliphatic carbocycles. The summed E-state index contributed by atoms with van der Waals surface area (Å²) in [5, 5.41) is 8.66. The average molecular weight is 224 g/mol. The summed E-state index contributed by atoms with van der Waals surface area (Å²) in [6.45, 7) is 2.63. The molecule has 0 amide bonds. The van der Waals surface area contributed by atoms with E-state index in [-0.39, 0.29) is 11.3 Å². The highest BCUT2D eigenvalue weighted by atomic mass is 19.1. The highest BCUT2D eigenvalue weighted by molar-refractivity contribution is 5.87. The van der Waals surface area contributed by atoms with Crippen LogP contribution >= 0.6 is 0 Å². The number of ether oxygens (including phenoxy) is 1. The van der Waals surface area contributed by atoms with Crippen LogP contribution in [0.5, 0.6) is 5.75 Å². The molecule has 16 heavy (non-hydrogen) atoms. The first-order valence-electron chi connectivity index (χ1n) is 5.23. The van der Waals surface area contributed by atoms with Gasteiger partial charge >= 0.3 is 5.97 Å². The predicted molar refractivity (Wildman–Crippen MR) is 56.1 cm³/mol. The Morgan fingerprint density at radius 3 is 2.81 bits per heavy atom. The third-order valence-corrected chi connectivity index (χ3v) is 2.91. The van der Waals surface area contributed by atoms with E-state index < -0.39 is 11.8 Å². The highest BCUT2D eigenvalue weighted by Crippen LogP contribution is 2.38. The van der Waals surface area contributed by atoms with E-state index in [0.717, 1.165) is 12.5 Å². The molecule has 1 aromatic rings. The molecule has 2 rings (SSSR count). The molecule has 0 aliphatic heterocycles. The van der Waals surface area contributed by atoms with Crippen LogP contribution < -0.4 is 4.74 Å². The number of hydrogen-bond acceptors (Lipinski definition) is 2. The van der Waals surface area contributed by atoms with Crippen molar-refractivity contribution in [3.8, 4) is 5.75 Å². The third-order valence-electron chi connectivity index (χ3n) is 2.91. The summed E-state index contributed by atoms with van der Waals surface area (Å²) in [6, 6.07) is 3.69. The van der Waals surface area contributed by atoms with Crippen molar-refractivity contribution in [2.75, 3.05) is 6.61 Å². The van der Waals surface area contributed by atoms with Crippen molar-refractivity contribution in [1.29, 1.82) is 0 Å². The maximum Gasteiger partial charge on any atom is 0.335 e. The minimum absolute atomic E-state index is 0.0651. The monoisotopic (exact) mass is 224 g/mol. The van der Waals surface area contributed by atoms with Crippen LogP contribution in [0.1, 0.15) is 23.7 Å². The summed E-state index contributed by atoms with van der Waals surface area (Å²) in [5.41, 5.74) is -0.0651. The van der Waals surface area contributed by atoms with Crippen LogP contribution in [-0.2, 0) is 0 Å². The van der Waals surface area contributed by atoms with Gasteiger partial charge in [-0.3, -0.25) is 0 Å². The summed E-state index contributed by atoms with van der Waals surface area (Å²) in [7, 11) is 0.